The van der Waals surface area contributed by atoms with Crippen LogP contribution in [0.2, 0.25) is 0 Å². The highest BCUT2D eigenvalue weighted by atomic mass is 14.8. The van der Waals surface area contributed by atoms with E-state index in [2.05, 4.69) is 188 Å². The van der Waals surface area contributed by atoms with Gasteiger partial charge >= 0.3 is 0 Å². The summed E-state index contributed by atoms with van der Waals surface area (Å²) in [6.45, 7) is 0. The van der Waals surface area contributed by atoms with Crippen molar-refractivity contribution in [1.82, 2.24) is 15.0 Å². The summed E-state index contributed by atoms with van der Waals surface area (Å²) < 4.78 is 0. The molecule has 57 heavy (non-hydrogen) atoms. The summed E-state index contributed by atoms with van der Waals surface area (Å²) in [5.41, 5.74) is 17.5. The molecule has 0 saturated carbocycles. The van der Waals surface area contributed by atoms with E-state index in [-0.39, 0.29) is 0 Å². The van der Waals surface area contributed by atoms with E-state index in [1.54, 1.807) is 0 Å². The SMILES string of the molecule is c1ccc(-c2c3ccccc3nc3c4c(ccc23)C2(c3ccccc3-c3ccccc32)c2cc3ccc5c(-c6ccc7ccccc7n6)cccc5c3nc2-4)cc1. The van der Waals surface area contributed by atoms with E-state index in [4.69, 9.17) is 15.0 Å². The lowest BCUT2D eigenvalue weighted by Gasteiger charge is -2.30. The molecule has 0 saturated heterocycles. The van der Waals surface area contributed by atoms with Crippen molar-refractivity contribution in [3.8, 4) is 44.8 Å². The van der Waals surface area contributed by atoms with Gasteiger partial charge in [0.2, 0.25) is 0 Å². The Balaban J connectivity index is 1.18. The number of fused-ring (bicyclic) bond motifs is 17. The van der Waals surface area contributed by atoms with Crippen LogP contribution in [0.25, 0.3) is 99.2 Å². The average Bonchev–Trinajstić information content (AvgIpc) is 3.74. The van der Waals surface area contributed by atoms with E-state index >= 15 is 0 Å². The molecule has 0 fully saturated rings. The molecule has 3 aromatic heterocycles. The number of benzene rings is 8. The lowest BCUT2D eigenvalue weighted by atomic mass is 9.70. The van der Waals surface area contributed by atoms with Crippen molar-refractivity contribution >= 4 is 54.4 Å². The van der Waals surface area contributed by atoms with Crippen LogP contribution >= 0.6 is 0 Å². The largest absolute Gasteiger partial charge is 0.248 e. The molecule has 0 N–H and O–H groups in total. The van der Waals surface area contributed by atoms with Crippen molar-refractivity contribution in [2.45, 2.75) is 5.41 Å². The van der Waals surface area contributed by atoms with Gasteiger partial charge < -0.3 is 0 Å². The second-order valence-electron chi connectivity index (χ2n) is 15.4. The molecule has 0 bridgehead atoms. The molecular weight excluding hydrogens is 691 g/mol. The maximum absolute atomic E-state index is 5.85. The fourth-order valence-corrected chi connectivity index (χ4v) is 10.3. The molecule has 3 heteroatoms. The van der Waals surface area contributed by atoms with Gasteiger partial charge in [-0.1, -0.05) is 164 Å². The first-order chi connectivity index (χ1) is 28.3. The van der Waals surface area contributed by atoms with Crippen LogP contribution in [-0.2, 0) is 5.41 Å². The van der Waals surface area contributed by atoms with Crippen LogP contribution in [-0.4, -0.2) is 15.0 Å². The third-order valence-electron chi connectivity index (χ3n) is 12.6. The van der Waals surface area contributed by atoms with Crippen molar-refractivity contribution < 1.29 is 0 Å². The molecule has 3 heterocycles. The van der Waals surface area contributed by atoms with Gasteiger partial charge in [0.05, 0.1) is 38.9 Å². The highest BCUT2D eigenvalue weighted by Crippen LogP contribution is 2.64. The van der Waals surface area contributed by atoms with Crippen molar-refractivity contribution in [2.24, 2.45) is 0 Å². The lowest BCUT2D eigenvalue weighted by molar-refractivity contribution is 0.794. The van der Waals surface area contributed by atoms with Crippen LogP contribution in [0.1, 0.15) is 22.3 Å². The van der Waals surface area contributed by atoms with Crippen molar-refractivity contribution in [3.63, 3.8) is 0 Å². The van der Waals surface area contributed by atoms with Crippen LogP contribution in [0.5, 0.6) is 0 Å². The molecule has 11 aromatic rings. The number of aromatic nitrogens is 3. The second kappa shape index (κ2) is 11.3. The van der Waals surface area contributed by atoms with Gasteiger partial charge in [0, 0.05) is 43.6 Å². The molecule has 8 aromatic carbocycles. The van der Waals surface area contributed by atoms with Crippen LogP contribution < -0.4 is 0 Å². The Morgan fingerprint density at radius 3 is 1.84 bits per heavy atom. The Labute approximate surface area is 328 Å². The van der Waals surface area contributed by atoms with Gasteiger partial charge in [0.25, 0.3) is 0 Å². The van der Waals surface area contributed by atoms with Crippen LogP contribution in [0, 0.1) is 0 Å². The molecule has 2 aliphatic rings. The number of hydrogen-bond acceptors (Lipinski definition) is 3. The predicted octanol–water partition coefficient (Wildman–Crippen LogP) is 13.3. The van der Waals surface area contributed by atoms with Crippen molar-refractivity contribution in [1.29, 1.82) is 0 Å². The molecule has 262 valence electrons. The van der Waals surface area contributed by atoms with Gasteiger partial charge in [-0.2, -0.15) is 0 Å². The first-order valence-electron chi connectivity index (χ1n) is 19.6. The van der Waals surface area contributed by atoms with E-state index in [0.717, 1.165) is 76.9 Å². The first kappa shape index (κ1) is 30.8. The highest BCUT2D eigenvalue weighted by molar-refractivity contribution is 6.17. The molecule has 0 atom stereocenters. The molecule has 13 rings (SSSR count). The monoisotopic (exact) mass is 721 g/mol. The molecule has 1 spiro atoms. The zero-order valence-electron chi connectivity index (χ0n) is 30.7. The van der Waals surface area contributed by atoms with Gasteiger partial charge in [0.15, 0.2) is 0 Å². The van der Waals surface area contributed by atoms with Gasteiger partial charge in [0.1, 0.15) is 0 Å². The number of pyridine rings is 3. The van der Waals surface area contributed by atoms with Gasteiger partial charge in [-0.05, 0) is 68.6 Å². The fraction of sp³-hybridized carbons (Fsp3) is 0.0185. The summed E-state index contributed by atoms with van der Waals surface area (Å²) >= 11 is 0. The molecule has 0 amide bonds. The molecular formula is C54H31N3. The van der Waals surface area contributed by atoms with Gasteiger partial charge in [-0.15, -0.1) is 0 Å². The number of rotatable bonds is 2. The summed E-state index contributed by atoms with van der Waals surface area (Å²) in [6, 6.07) is 68.1. The summed E-state index contributed by atoms with van der Waals surface area (Å²) in [5, 5.41) is 6.78. The third-order valence-corrected chi connectivity index (χ3v) is 12.6. The van der Waals surface area contributed by atoms with Gasteiger partial charge in [-0.25, -0.2) is 15.0 Å². The molecule has 0 radical (unpaired) electrons. The molecule has 2 aliphatic carbocycles. The Morgan fingerprint density at radius 2 is 1.00 bits per heavy atom. The minimum atomic E-state index is -0.556. The van der Waals surface area contributed by atoms with Crippen molar-refractivity contribution in [2.75, 3.05) is 0 Å². The second-order valence-corrected chi connectivity index (χ2v) is 15.4. The minimum Gasteiger partial charge on any atom is -0.248 e. The average molecular weight is 722 g/mol. The predicted molar refractivity (Wildman–Crippen MR) is 235 cm³/mol. The summed E-state index contributed by atoms with van der Waals surface area (Å²) in [7, 11) is 0. The van der Waals surface area contributed by atoms with E-state index in [0.29, 0.717) is 0 Å². The smallest absolute Gasteiger partial charge is 0.0813 e. The van der Waals surface area contributed by atoms with Gasteiger partial charge in [-0.3, -0.25) is 0 Å². The Morgan fingerprint density at radius 1 is 0.333 bits per heavy atom. The maximum Gasteiger partial charge on any atom is 0.0813 e. The van der Waals surface area contributed by atoms with Crippen LogP contribution in [0.3, 0.4) is 0 Å². The zero-order valence-corrected chi connectivity index (χ0v) is 30.7. The Kier molecular flexibility index (Phi) is 6.10. The molecule has 3 nitrogen and oxygen atoms in total. The fourth-order valence-electron chi connectivity index (χ4n) is 10.3. The lowest BCUT2D eigenvalue weighted by Crippen LogP contribution is -2.26. The summed E-state index contributed by atoms with van der Waals surface area (Å²) in [5.74, 6) is 0. The highest BCUT2D eigenvalue weighted by Gasteiger charge is 2.53. The maximum atomic E-state index is 5.85. The van der Waals surface area contributed by atoms with E-state index in [1.807, 2.05) is 0 Å². The Hall–Kier alpha value is -7.49. The number of hydrogen-bond donors (Lipinski definition) is 0. The number of nitrogens with zero attached hydrogens (tertiary/aromatic N) is 3. The standard InChI is InChI=1S/C54H31N3/c1-2-14-33(15-3-1)49-40-18-7-11-24-47(40)56-52-41(49)28-29-44-50(52)53-45(54(44)42-21-8-5-16-36(42)37-17-6-9-22-43(37)54)31-34-25-27-35-38(19-12-20-39(35)51(34)57-53)48-30-26-32-13-4-10-23-46(32)55-48/h1-31H. The normalized spacial score (nSPS) is 13.4. The number of para-hydroxylation sites is 2. The summed E-state index contributed by atoms with van der Waals surface area (Å²) in [4.78, 5) is 16.5. The zero-order chi connectivity index (χ0) is 37.2. The van der Waals surface area contributed by atoms with E-state index < -0.39 is 5.41 Å². The quantitative estimate of drug-likeness (QED) is 0.132. The molecule has 0 aliphatic heterocycles. The van der Waals surface area contributed by atoms with Crippen LogP contribution in [0.15, 0.2) is 188 Å². The van der Waals surface area contributed by atoms with E-state index in [1.165, 1.54) is 44.5 Å². The summed E-state index contributed by atoms with van der Waals surface area (Å²) in [6.07, 6.45) is 0. The first-order valence-corrected chi connectivity index (χ1v) is 19.6. The topological polar surface area (TPSA) is 38.7 Å². The van der Waals surface area contributed by atoms with E-state index in [9.17, 15) is 0 Å². The van der Waals surface area contributed by atoms with Crippen molar-refractivity contribution in [3.05, 3.63) is 210 Å². The Bertz CT molecular complexity index is 3480. The third kappa shape index (κ3) is 4.02. The van der Waals surface area contributed by atoms with Crippen LogP contribution in [0.4, 0.5) is 0 Å². The minimum absolute atomic E-state index is 0.556. The molecule has 0 unspecified atom stereocenters.